The lowest BCUT2D eigenvalue weighted by Crippen LogP contribution is -2.47. The molecule has 118 valence electrons. The third-order valence-electron chi connectivity index (χ3n) is 3.54. The highest BCUT2D eigenvalue weighted by atomic mass is 19.3. The van der Waals surface area contributed by atoms with Gasteiger partial charge in [0.1, 0.15) is 5.75 Å². The number of amides is 1. The number of primary amides is 1. The van der Waals surface area contributed by atoms with Gasteiger partial charge in [-0.05, 0) is 40.7 Å². The first-order valence-electron chi connectivity index (χ1n) is 6.71. The lowest BCUT2D eigenvalue weighted by atomic mass is 9.85. The van der Waals surface area contributed by atoms with E-state index in [1.165, 1.54) is 12.1 Å². The zero-order chi connectivity index (χ0) is 16.5. The van der Waals surface area contributed by atoms with E-state index in [2.05, 4.69) is 0 Å². The summed E-state index contributed by atoms with van der Waals surface area (Å²) in [6, 6.07) is 2.42. The molecule has 1 unspecified atom stereocenters. The van der Waals surface area contributed by atoms with Gasteiger partial charge < -0.3 is 15.9 Å². The predicted octanol–water partition coefficient (Wildman–Crippen LogP) is 2.58. The Morgan fingerprint density at radius 3 is 1.76 bits per heavy atom. The van der Waals surface area contributed by atoms with Crippen molar-refractivity contribution in [2.75, 3.05) is 0 Å². The Bertz CT molecular complexity index is 515. The maximum absolute atomic E-state index is 13.2. The Hall–Kier alpha value is -1.69. The number of phenolic OH excluding ortho intramolecular Hbond substituents is 1. The number of aliphatic hydroxyl groups is 1. The van der Waals surface area contributed by atoms with Crippen molar-refractivity contribution >= 4 is 5.91 Å². The summed E-state index contributed by atoms with van der Waals surface area (Å²) in [7, 11) is 0. The fourth-order valence-electron chi connectivity index (χ4n) is 2.16. The van der Waals surface area contributed by atoms with Crippen LogP contribution < -0.4 is 5.73 Å². The van der Waals surface area contributed by atoms with Gasteiger partial charge in [0.05, 0.1) is 0 Å². The van der Waals surface area contributed by atoms with Crippen molar-refractivity contribution in [2.45, 2.75) is 51.6 Å². The molecular formula is C15H21F2NO3. The zero-order valence-electron chi connectivity index (χ0n) is 12.5. The second kappa shape index (κ2) is 5.97. The summed E-state index contributed by atoms with van der Waals surface area (Å²) >= 11 is 0. The molecule has 6 heteroatoms. The molecule has 1 rings (SSSR count). The molecule has 4 N–H and O–H groups in total. The van der Waals surface area contributed by atoms with E-state index in [1.54, 1.807) is 27.7 Å². The minimum absolute atomic E-state index is 0.00941. The van der Waals surface area contributed by atoms with Crippen molar-refractivity contribution in [3.8, 4) is 5.75 Å². The Balaban J connectivity index is 3.67. The number of hydrogen-bond acceptors (Lipinski definition) is 3. The summed E-state index contributed by atoms with van der Waals surface area (Å²) in [6.45, 7) is 7.09. The fraction of sp³-hybridized carbons (Fsp3) is 0.533. The minimum atomic E-state index is -3.36. The van der Waals surface area contributed by atoms with Crippen LogP contribution >= 0.6 is 0 Å². The van der Waals surface area contributed by atoms with E-state index in [0.29, 0.717) is 11.1 Å². The normalized spacial score (nSPS) is 14.8. The average Bonchev–Trinajstić information content (AvgIpc) is 2.36. The number of alkyl halides is 2. The predicted molar refractivity (Wildman–Crippen MR) is 75.4 cm³/mol. The molecule has 1 aromatic rings. The molecule has 1 atom stereocenters. The molecule has 0 saturated heterocycles. The van der Waals surface area contributed by atoms with Gasteiger partial charge in [0.2, 0.25) is 5.60 Å². The maximum atomic E-state index is 13.2. The van der Waals surface area contributed by atoms with Gasteiger partial charge in [0.15, 0.2) is 0 Å². The second-order valence-corrected chi connectivity index (χ2v) is 5.74. The number of carbonyl (C=O) groups excluding carboxylic acids is 1. The van der Waals surface area contributed by atoms with Crippen LogP contribution in [0.4, 0.5) is 8.78 Å². The third kappa shape index (κ3) is 3.00. The highest BCUT2D eigenvalue weighted by molar-refractivity contribution is 5.85. The van der Waals surface area contributed by atoms with Crippen molar-refractivity contribution < 1.29 is 23.8 Å². The molecule has 0 fully saturated rings. The minimum Gasteiger partial charge on any atom is -0.507 e. The number of phenols is 1. The van der Waals surface area contributed by atoms with E-state index >= 15 is 0 Å². The van der Waals surface area contributed by atoms with Crippen molar-refractivity contribution in [1.82, 2.24) is 0 Å². The van der Waals surface area contributed by atoms with E-state index in [0.717, 1.165) is 0 Å². The summed E-state index contributed by atoms with van der Waals surface area (Å²) < 4.78 is 26.3. The van der Waals surface area contributed by atoms with E-state index in [1.807, 2.05) is 0 Å². The Morgan fingerprint density at radius 2 is 1.52 bits per heavy atom. The van der Waals surface area contributed by atoms with Crippen LogP contribution in [-0.4, -0.2) is 22.5 Å². The van der Waals surface area contributed by atoms with Gasteiger partial charge in [0.25, 0.3) is 12.3 Å². The standard InChI is InChI=1S/C15H21F2NO3/c1-7(2)10-5-9(6-11(8(3)4)12(10)19)15(21,13(16)17)14(18)20/h5-8,13,19,21H,1-4H3,(H2,18,20). The highest BCUT2D eigenvalue weighted by Gasteiger charge is 2.46. The summed E-state index contributed by atoms with van der Waals surface area (Å²) in [5, 5.41) is 20.2. The van der Waals surface area contributed by atoms with Gasteiger partial charge in [-0.25, -0.2) is 8.78 Å². The lowest BCUT2D eigenvalue weighted by molar-refractivity contribution is -0.156. The number of aromatic hydroxyl groups is 1. The van der Waals surface area contributed by atoms with Gasteiger partial charge in [-0.2, -0.15) is 0 Å². The molecule has 4 nitrogen and oxygen atoms in total. The molecule has 21 heavy (non-hydrogen) atoms. The molecule has 0 aliphatic rings. The molecule has 1 aromatic carbocycles. The van der Waals surface area contributed by atoms with Crippen LogP contribution in [0.5, 0.6) is 5.75 Å². The summed E-state index contributed by atoms with van der Waals surface area (Å²) in [6.07, 6.45) is -3.36. The lowest BCUT2D eigenvalue weighted by Gasteiger charge is -2.27. The molecule has 0 aromatic heterocycles. The largest absolute Gasteiger partial charge is 0.507 e. The number of nitrogens with two attached hydrogens (primary N) is 1. The van der Waals surface area contributed by atoms with E-state index in [-0.39, 0.29) is 23.1 Å². The Labute approximate surface area is 122 Å². The number of rotatable bonds is 5. The first kappa shape index (κ1) is 17.4. The first-order valence-corrected chi connectivity index (χ1v) is 6.71. The third-order valence-corrected chi connectivity index (χ3v) is 3.54. The molecule has 0 radical (unpaired) electrons. The molecular weight excluding hydrogens is 280 g/mol. The molecule has 0 saturated carbocycles. The number of halogens is 2. The van der Waals surface area contributed by atoms with Gasteiger partial charge in [-0.1, -0.05) is 27.7 Å². The van der Waals surface area contributed by atoms with Crippen LogP contribution in [0, 0.1) is 0 Å². The zero-order valence-corrected chi connectivity index (χ0v) is 12.5. The maximum Gasteiger partial charge on any atom is 0.280 e. The van der Waals surface area contributed by atoms with Crippen LogP contribution in [0.25, 0.3) is 0 Å². The Kier molecular flexibility index (Phi) is 4.94. The van der Waals surface area contributed by atoms with E-state index in [9.17, 15) is 23.8 Å². The molecule has 0 aliphatic heterocycles. The van der Waals surface area contributed by atoms with Crippen molar-refractivity contribution in [2.24, 2.45) is 5.73 Å². The van der Waals surface area contributed by atoms with Crippen LogP contribution in [0.1, 0.15) is 56.2 Å². The van der Waals surface area contributed by atoms with Crippen molar-refractivity contribution in [3.05, 3.63) is 28.8 Å². The van der Waals surface area contributed by atoms with Crippen molar-refractivity contribution in [1.29, 1.82) is 0 Å². The molecule has 0 aliphatic carbocycles. The topological polar surface area (TPSA) is 83.5 Å². The second-order valence-electron chi connectivity index (χ2n) is 5.74. The Morgan fingerprint density at radius 1 is 1.14 bits per heavy atom. The first-order chi connectivity index (χ1) is 9.53. The van der Waals surface area contributed by atoms with Gasteiger partial charge in [0, 0.05) is 0 Å². The summed E-state index contributed by atoms with van der Waals surface area (Å²) in [5.41, 5.74) is 2.37. The smallest absolute Gasteiger partial charge is 0.280 e. The number of benzene rings is 1. The van der Waals surface area contributed by atoms with Gasteiger partial charge in [-0.3, -0.25) is 4.79 Å². The van der Waals surface area contributed by atoms with E-state index in [4.69, 9.17) is 5.73 Å². The molecule has 0 heterocycles. The van der Waals surface area contributed by atoms with E-state index < -0.39 is 17.9 Å². The number of hydrogen-bond donors (Lipinski definition) is 3. The summed E-state index contributed by atoms with van der Waals surface area (Å²) in [5.74, 6) is -1.87. The van der Waals surface area contributed by atoms with Gasteiger partial charge >= 0.3 is 0 Å². The fourth-order valence-corrected chi connectivity index (χ4v) is 2.16. The number of carbonyl (C=O) groups is 1. The highest BCUT2D eigenvalue weighted by Crippen LogP contribution is 2.39. The van der Waals surface area contributed by atoms with Crippen LogP contribution in [0.15, 0.2) is 12.1 Å². The van der Waals surface area contributed by atoms with Crippen LogP contribution in [-0.2, 0) is 10.4 Å². The molecule has 0 bridgehead atoms. The van der Waals surface area contributed by atoms with Crippen LogP contribution in [0.3, 0.4) is 0 Å². The average molecular weight is 301 g/mol. The monoisotopic (exact) mass is 301 g/mol. The molecule has 1 amide bonds. The SMILES string of the molecule is CC(C)c1cc(C(O)(C(N)=O)C(F)F)cc(C(C)C)c1O. The quantitative estimate of drug-likeness (QED) is 0.781. The van der Waals surface area contributed by atoms with Crippen molar-refractivity contribution in [3.63, 3.8) is 0 Å². The summed E-state index contributed by atoms with van der Waals surface area (Å²) in [4.78, 5) is 11.3. The molecule has 0 spiro atoms. The van der Waals surface area contributed by atoms with Crippen LogP contribution in [0.2, 0.25) is 0 Å². The van der Waals surface area contributed by atoms with Gasteiger partial charge in [-0.15, -0.1) is 0 Å².